The fourth-order valence-electron chi connectivity index (χ4n) is 5.44. The molecule has 220 valence electrons. The lowest BCUT2D eigenvalue weighted by atomic mass is 10.1. The number of aromatic nitrogens is 3. The normalized spacial score (nSPS) is 22.4. The minimum atomic E-state index is 0.00122. The first-order valence-electron chi connectivity index (χ1n) is 14.7. The zero-order chi connectivity index (χ0) is 28.3. The Morgan fingerprint density at radius 3 is 2.44 bits per heavy atom. The Kier molecular flexibility index (Phi) is 10.5. The molecule has 6 bridgehead atoms. The second kappa shape index (κ2) is 14.8. The van der Waals surface area contributed by atoms with Gasteiger partial charge < -0.3 is 28.8 Å². The van der Waals surface area contributed by atoms with Crippen molar-refractivity contribution in [2.75, 3.05) is 60.1 Å². The van der Waals surface area contributed by atoms with Gasteiger partial charge in [0, 0.05) is 31.7 Å². The van der Waals surface area contributed by atoms with E-state index in [1.807, 2.05) is 53.3 Å². The summed E-state index contributed by atoms with van der Waals surface area (Å²) < 4.78 is 19.5. The highest BCUT2D eigenvalue weighted by atomic mass is 16.6. The molecule has 0 N–H and O–H groups in total. The summed E-state index contributed by atoms with van der Waals surface area (Å²) in [5.41, 5.74) is 2.68. The maximum Gasteiger partial charge on any atom is 0.203 e. The first kappa shape index (κ1) is 28.9. The van der Waals surface area contributed by atoms with E-state index in [1.54, 1.807) is 20.4 Å². The number of rotatable bonds is 5. The molecule has 3 aromatic rings. The number of fused-ring (bicyclic) bond motifs is 8. The van der Waals surface area contributed by atoms with Crippen LogP contribution in [0.3, 0.4) is 0 Å². The fourth-order valence-corrected chi connectivity index (χ4v) is 5.44. The van der Waals surface area contributed by atoms with E-state index in [0.717, 1.165) is 88.3 Å². The van der Waals surface area contributed by atoms with Crippen molar-refractivity contribution < 1.29 is 19.0 Å². The first-order chi connectivity index (χ1) is 20.2. The van der Waals surface area contributed by atoms with E-state index in [4.69, 9.17) is 19.0 Å². The van der Waals surface area contributed by atoms with Crippen LogP contribution in [0.15, 0.2) is 53.8 Å². The quantitative estimate of drug-likeness (QED) is 0.335. The van der Waals surface area contributed by atoms with E-state index in [2.05, 4.69) is 25.3 Å². The number of hydrogen-bond acceptors (Lipinski definition) is 9. The molecule has 1 aromatic heterocycles. The summed E-state index contributed by atoms with van der Waals surface area (Å²) in [6.45, 7) is 7.79. The molecule has 2 aromatic carbocycles. The molecule has 10 heteroatoms. The van der Waals surface area contributed by atoms with Gasteiger partial charge in [0.1, 0.15) is 11.8 Å². The molecule has 0 amide bonds. The average Bonchev–Trinajstić information content (AvgIpc) is 3.36. The molecule has 0 radical (unpaired) electrons. The highest BCUT2D eigenvalue weighted by Crippen LogP contribution is 2.41. The number of hydrogen-bond donors (Lipinski definition) is 0. The van der Waals surface area contributed by atoms with E-state index < -0.39 is 0 Å². The van der Waals surface area contributed by atoms with Gasteiger partial charge in [-0.1, -0.05) is 40.7 Å². The SMILES string of the molecule is COc1cc2cc(c1OC)OCCCC(O/N=C/c1ccccc1)CCN1CCCN(CCCn3cc-2nn3)CC1. The third-order valence-corrected chi connectivity index (χ3v) is 7.73. The summed E-state index contributed by atoms with van der Waals surface area (Å²) in [4.78, 5) is 11.2. The van der Waals surface area contributed by atoms with Crippen molar-refractivity contribution in [3.63, 3.8) is 0 Å². The van der Waals surface area contributed by atoms with Crippen LogP contribution >= 0.6 is 0 Å². The molecule has 3 unspecified atom stereocenters. The molecular weight excluding hydrogens is 520 g/mol. The molecule has 2 aliphatic rings. The van der Waals surface area contributed by atoms with Crippen LogP contribution in [0.5, 0.6) is 17.2 Å². The minimum absolute atomic E-state index is 0.00122. The highest BCUT2D eigenvalue weighted by molar-refractivity contribution is 5.78. The third-order valence-electron chi connectivity index (χ3n) is 7.73. The van der Waals surface area contributed by atoms with Crippen LogP contribution < -0.4 is 14.2 Å². The summed E-state index contributed by atoms with van der Waals surface area (Å²) in [6, 6.07) is 13.9. The molecule has 1 fully saturated rings. The van der Waals surface area contributed by atoms with Crippen molar-refractivity contribution in [1.82, 2.24) is 24.8 Å². The molecule has 0 saturated carbocycles. The van der Waals surface area contributed by atoms with Gasteiger partial charge in [-0.2, -0.15) is 0 Å². The molecular formula is C31H42N6O4. The van der Waals surface area contributed by atoms with Gasteiger partial charge in [0.15, 0.2) is 11.5 Å². The van der Waals surface area contributed by atoms with Gasteiger partial charge in [-0.3, -0.25) is 4.68 Å². The lowest BCUT2D eigenvalue weighted by molar-refractivity contribution is 0.0363. The number of methoxy groups -OCH3 is 2. The lowest BCUT2D eigenvalue weighted by Crippen LogP contribution is -2.33. The first-order valence-corrected chi connectivity index (χ1v) is 14.7. The van der Waals surface area contributed by atoms with Crippen molar-refractivity contribution in [3.8, 4) is 28.5 Å². The monoisotopic (exact) mass is 562 g/mol. The van der Waals surface area contributed by atoms with Gasteiger partial charge in [0.25, 0.3) is 0 Å². The van der Waals surface area contributed by atoms with Crippen molar-refractivity contribution in [1.29, 1.82) is 0 Å². The zero-order valence-corrected chi connectivity index (χ0v) is 24.3. The smallest absolute Gasteiger partial charge is 0.203 e. The summed E-state index contributed by atoms with van der Waals surface area (Å²) in [5, 5.41) is 13.2. The van der Waals surface area contributed by atoms with Gasteiger partial charge >= 0.3 is 0 Å². The third kappa shape index (κ3) is 8.20. The molecule has 1 saturated heterocycles. The Hall–Kier alpha value is -3.63. The minimum Gasteiger partial charge on any atom is -0.493 e. The van der Waals surface area contributed by atoms with Crippen LogP contribution in [0.1, 0.15) is 37.7 Å². The Balaban J connectivity index is 1.33. The van der Waals surface area contributed by atoms with Gasteiger partial charge in [0.05, 0.1) is 33.2 Å². The summed E-state index contributed by atoms with van der Waals surface area (Å²) in [6.07, 6.45) is 8.55. The second-order valence-electron chi connectivity index (χ2n) is 10.6. The van der Waals surface area contributed by atoms with Crippen molar-refractivity contribution in [3.05, 3.63) is 54.2 Å². The van der Waals surface area contributed by atoms with Crippen molar-refractivity contribution in [2.24, 2.45) is 5.16 Å². The summed E-state index contributed by atoms with van der Waals surface area (Å²) >= 11 is 0. The molecule has 3 heterocycles. The molecule has 2 aliphatic heterocycles. The van der Waals surface area contributed by atoms with E-state index in [0.29, 0.717) is 23.9 Å². The molecule has 5 rings (SSSR count). The highest BCUT2D eigenvalue weighted by Gasteiger charge is 2.20. The predicted octanol–water partition coefficient (Wildman–Crippen LogP) is 4.34. The summed E-state index contributed by atoms with van der Waals surface area (Å²) in [5.74, 6) is 1.79. The number of aryl methyl sites for hydroxylation is 1. The molecule has 0 aliphatic carbocycles. The van der Waals surface area contributed by atoms with Crippen molar-refractivity contribution >= 4 is 6.21 Å². The van der Waals surface area contributed by atoms with Crippen LogP contribution in [0.2, 0.25) is 0 Å². The topological polar surface area (TPSA) is 86.5 Å². The van der Waals surface area contributed by atoms with Crippen LogP contribution in [-0.2, 0) is 11.4 Å². The van der Waals surface area contributed by atoms with Gasteiger partial charge in [-0.15, -0.1) is 5.10 Å². The van der Waals surface area contributed by atoms with Gasteiger partial charge in [0.2, 0.25) is 5.75 Å². The average molecular weight is 563 g/mol. The molecule has 10 nitrogen and oxygen atoms in total. The lowest BCUT2D eigenvalue weighted by Gasteiger charge is -2.23. The Labute approximate surface area is 242 Å². The number of ether oxygens (including phenoxy) is 3. The maximum absolute atomic E-state index is 6.26. The Bertz CT molecular complexity index is 1250. The van der Waals surface area contributed by atoms with E-state index in [1.165, 1.54) is 6.42 Å². The predicted molar refractivity (Wildman–Crippen MR) is 159 cm³/mol. The largest absolute Gasteiger partial charge is 0.493 e. The van der Waals surface area contributed by atoms with Gasteiger partial charge in [-0.25, -0.2) is 0 Å². The zero-order valence-electron chi connectivity index (χ0n) is 24.3. The van der Waals surface area contributed by atoms with Crippen LogP contribution in [0, 0.1) is 0 Å². The number of nitrogens with zero attached hydrogens (tertiary/aromatic N) is 6. The van der Waals surface area contributed by atoms with Crippen LogP contribution in [0.4, 0.5) is 0 Å². The van der Waals surface area contributed by atoms with Gasteiger partial charge in [-0.05, 0) is 69.4 Å². The van der Waals surface area contributed by atoms with E-state index in [-0.39, 0.29) is 6.10 Å². The van der Waals surface area contributed by atoms with E-state index in [9.17, 15) is 0 Å². The molecule has 3 atom stereocenters. The Morgan fingerprint density at radius 1 is 0.878 bits per heavy atom. The Morgan fingerprint density at radius 2 is 1.66 bits per heavy atom. The second-order valence-corrected chi connectivity index (χ2v) is 10.6. The number of oxime groups is 1. The van der Waals surface area contributed by atoms with Crippen LogP contribution in [0.25, 0.3) is 11.3 Å². The fraction of sp³-hybridized carbons (Fsp3) is 0.516. The van der Waals surface area contributed by atoms with Crippen molar-refractivity contribution in [2.45, 2.75) is 44.8 Å². The van der Waals surface area contributed by atoms with Crippen LogP contribution in [-0.4, -0.2) is 97.2 Å². The number of benzene rings is 2. The van der Waals surface area contributed by atoms with E-state index >= 15 is 0 Å². The molecule has 0 spiro atoms. The maximum atomic E-state index is 6.26. The standard InChI is InChI=1S/C31H42N6O4/c1-38-29-21-26-22-30(31(29)39-2)40-20-6-11-27(41-32-23-25-9-4-3-5-10-25)12-17-36-14-7-13-35(18-19-36)15-8-16-37-24-28(26)33-34-37/h3-5,9-10,21-24,27H,6-8,11-20H2,1-2H3/b32-23+. The summed E-state index contributed by atoms with van der Waals surface area (Å²) in [7, 11) is 3.26. The molecule has 41 heavy (non-hydrogen) atoms.